The van der Waals surface area contributed by atoms with E-state index in [0.29, 0.717) is 0 Å². The number of fused-ring (bicyclic) bond motifs is 1. The number of para-hydroxylation sites is 1. The van der Waals surface area contributed by atoms with E-state index in [4.69, 9.17) is 4.74 Å². The largest absolute Gasteiger partial charge is 0.491 e. The molecule has 0 fully saturated rings. The van der Waals surface area contributed by atoms with Crippen molar-refractivity contribution < 1.29 is 4.74 Å². The molecule has 0 aliphatic carbocycles. The SMILES string of the molecule is CCCCOC(=Cn1ccnc1)c1cn(C)c2ccccc12. The van der Waals surface area contributed by atoms with E-state index in [-0.39, 0.29) is 0 Å². The van der Waals surface area contributed by atoms with E-state index in [1.807, 2.05) is 17.0 Å². The molecule has 4 nitrogen and oxygen atoms in total. The average molecular weight is 295 g/mol. The van der Waals surface area contributed by atoms with Gasteiger partial charge in [0.25, 0.3) is 0 Å². The maximum Gasteiger partial charge on any atom is 0.145 e. The van der Waals surface area contributed by atoms with E-state index < -0.39 is 0 Å². The predicted octanol–water partition coefficient (Wildman–Crippen LogP) is 4.15. The first kappa shape index (κ1) is 14.4. The first-order valence-electron chi connectivity index (χ1n) is 7.66. The quantitative estimate of drug-likeness (QED) is 0.505. The van der Waals surface area contributed by atoms with Crippen molar-refractivity contribution in [2.45, 2.75) is 19.8 Å². The first-order chi connectivity index (χ1) is 10.8. The highest BCUT2D eigenvalue weighted by Crippen LogP contribution is 2.28. The summed E-state index contributed by atoms with van der Waals surface area (Å²) in [5.41, 5.74) is 2.32. The molecule has 0 aliphatic heterocycles. The number of rotatable bonds is 6. The maximum atomic E-state index is 6.06. The van der Waals surface area contributed by atoms with Gasteiger partial charge in [-0.2, -0.15) is 0 Å². The Morgan fingerprint density at radius 1 is 1.32 bits per heavy atom. The molecule has 1 aromatic carbocycles. The summed E-state index contributed by atoms with van der Waals surface area (Å²) < 4.78 is 10.1. The Kier molecular flexibility index (Phi) is 4.28. The van der Waals surface area contributed by atoms with Crippen LogP contribution < -0.4 is 0 Å². The van der Waals surface area contributed by atoms with Crippen molar-refractivity contribution in [2.24, 2.45) is 7.05 Å². The third-order valence-electron chi connectivity index (χ3n) is 3.71. The molecule has 2 aromatic heterocycles. The van der Waals surface area contributed by atoms with E-state index in [1.54, 1.807) is 12.5 Å². The third kappa shape index (κ3) is 2.91. The number of hydrogen-bond acceptors (Lipinski definition) is 2. The molecule has 0 spiro atoms. The highest BCUT2D eigenvalue weighted by atomic mass is 16.5. The van der Waals surface area contributed by atoms with E-state index in [2.05, 4.69) is 54.0 Å². The van der Waals surface area contributed by atoms with Gasteiger partial charge in [-0.05, 0) is 12.5 Å². The van der Waals surface area contributed by atoms with Crippen LogP contribution in [0.5, 0.6) is 0 Å². The fourth-order valence-electron chi connectivity index (χ4n) is 2.53. The van der Waals surface area contributed by atoms with Crippen LogP contribution in [0.4, 0.5) is 0 Å². The second kappa shape index (κ2) is 6.52. The highest BCUT2D eigenvalue weighted by Gasteiger charge is 2.12. The Morgan fingerprint density at radius 3 is 2.95 bits per heavy atom. The van der Waals surface area contributed by atoms with Crippen molar-refractivity contribution in [1.29, 1.82) is 0 Å². The summed E-state index contributed by atoms with van der Waals surface area (Å²) in [6.45, 7) is 2.89. The van der Waals surface area contributed by atoms with Crippen LogP contribution in [0.25, 0.3) is 22.9 Å². The number of aromatic nitrogens is 3. The lowest BCUT2D eigenvalue weighted by atomic mass is 10.1. The molecule has 114 valence electrons. The summed E-state index contributed by atoms with van der Waals surface area (Å²) in [6, 6.07) is 8.38. The molecule has 2 heterocycles. The van der Waals surface area contributed by atoms with Crippen LogP contribution in [0.1, 0.15) is 25.3 Å². The number of benzene rings is 1. The van der Waals surface area contributed by atoms with Gasteiger partial charge in [0, 0.05) is 42.1 Å². The monoisotopic (exact) mass is 295 g/mol. The third-order valence-corrected chi connectivity index (χ3v) is 3.71. The normalized spacial score (nSPS) is 12.0. The minimum Gasteiger partial charge on any atom is -0.491 e. The van der Waals surface area contributed by atoms with Gasteiger partial charge in [-0.1, -0.05) is 31.5 Å². The number of nitrogens with zero attached hydrogens (tertiary/aromatic N) is 3. The average Bonchev–Trinajstić information content (AvgIpc) is 3.15. The van der Waals surface area contributed by atoms with Crippen LogP contribution in [0, 0.1) is 0 Å². The number of hydrogen-bond donors (Lipinski definition) is 0. The molecule has 0 N–H and O–H groups in total. The van der Waals surface area contributed by atoms with E-state index in [9.17, 15) is 0 Å². The summed E-state index contributed by atoms with van der Waals surface area (Å²) in [5, 5.41) is 1.20. The van der Waals surface area contributed by atoms with E-state index in [1.165, 1.54) is 10.9 Å². The Bertz CT molecular complexity index is 769. The van der Waals surface area contributed by atoms with Gasteiger partial charge in [-0.15, -0.1) is 0 Å². The minimum absolute atomic E-state index is 0.722. The van der Waals surface area contributed by atoms with Crippen molar-refractivity contribution in [3.63, 3.8) is 0 Å². The zero-order valence-electron chi connectivity index (χ0n) is 13.1. The molecule has 0 amide bonds. The maximum absolute atomic E-state index is 6.06. The first-order valence-corrected chi connectivity index (χ1v) is 7.66. The smallest absolute Gasteiger partial charge is 0.145 e. The Morgan fingerprint density at radius 2 is 2.18 bits per heavy atom. The van der Waals surface area contributed by atoms with E-state index >= 15 is 0 Å². The topological polar surface area (TPSA) is 32.0 Å². The second-order valence-corrected chi connectivity index (χ2v) is 5.38. The molecule has 0 unspecified atom stereocenters. The molecule has 0 atom stereocenters. The summed E-state index contributed by atoms with van der Waals surface area (Å²) in [5.74, 6) is 0.878. The number of ether oxygens (including phenoxy) is 1. The van der Waals surface area contributed by atoms with Gasteiger partial charge in [-0.3, -0.25) is 0 Å². The van der Waals surface area contributed by atoms with Crippen molar-refractivity contribution in [3.05, 3.63) is 54.7 Å². The standard InChI is InChI=1S/C18H21N3O/c1-3-4-11-22-18(13-21-10-9-19-14-21)16-12-20(2)17-8-6-5-7-15(16)17/h5-10,12-14H,3-4,11H2,1-2H3. The molecular weight excluding hydrogens is 274 g/mol. The van der Waals surface area contributed by atoms with Gasteiger partial charge in [0.2, 0.25) is 0 Å². The lowest BCUT2D eigenvalue weighted by Gasteiger charge is -2.10. The van der Waals surface area contributed by atoms with Crippen LogP contribution in [0.15, 0.2) is 49.2 Å². The van der Waals surface area contributed by atoms with E-state index in [0.717, 1.165) is 30.8 Å². The lowest BCUT2D eigenvalue weighted by Crippen LogP contribution is -1.96. The van der Waals surface area contributed by atoms with Gasteiger partial charge in [0.15, 0.2) is 0 Å². The summed E-state index contributed by atoms with van der Waals surface area (Å²) in [7, 11) is 2.06. The summed E-state index contributed by atoms with van der Waals surface area (Å²) in [6.07, 6.45) is 11.7. The molecule has 22 heavy (non-hydrogen) atoms. The summed E-state index contributed by atoms with van der Waals surface area (Å²) >= 11 is 0. The molecule has 3 rings (SSSR count). The van der Waals surface area contributed by atoms with Crippen molar-refractivity contribution in [3.8, 4) is 0 Å². The molecule has 0 bridgehead atoms. The minimum atomic E-state index is 0.722. The summed E-state index contributed by atoms with van der Waals surface area (Å²) in [4.78, 5) is 4.09. The fourth-order valence-corrected chi connectivity index (χ4v) is 2.53. The van der Waals surface area contributed by atoms with Crippen LogP contribution in [0.3, 0.4) is 0 Å². The van der Waals surface area contributed by atoms with Crippen LogP contribution in [0.2, 0.25) is 0 Å². The fraction of sp³-hybridized carbons (Fsp3) is 0.278. The van der Waals surface area contributed by atoms with Gasteiger partial charge in [0.1, 0.15) is 5.76 Å². The van der Waals surface area contributed by atoms with Gasteiger partial charge >= 0.3 is 0 Å². The second-order valence-electron chi connectivity index (χ2n) is 5.38. The molecule has 0 saturated carbocycles. The zero-order valence-corrected chi connectivity index (χ0v) is 13.1. The molecule has 4 heteroatoms. The van der Waals surface area contributed by atoms with Crippen LogP contribution in [-0.2, 0) is 11.8 Å². The molecule has 0 saturated heterocycles. The lowest BCUT2D eigenvalue weighted by molar-refractivity contribution is 0.271. The Labute approximate surface area is 130 Å². The highest BCUT2D eigenvalue weighted by molar-refractivity contribution is 5.93. The van der Waals surface area contributed by atoms with Gasteiger partial charge in [0.05, 0.1) is 19.1 Å². The molecule has 0 aliphatic rings. The van der Waals surface area contributed by atoms with Crippen molar-refractivity contribution in [2.75, 3.05) is 6.61 Å². The van der Waals surface area contributed by atoms with Gasteiger partial charge in [-0.25, -0.2) is 4.98 Å². The number of aryl methyl sites for hydroxylation is 1. The predicted molar refractivity (Wildman–Crippen MR) is 90.2 cm³/mol. The Hall–Kier alpha value is -2.49. The zero-order chi connectivity index (χ0) is 15.4. The van der Waals surface area contributed by atoms with Gasteiger partial charge < -0.3 is 13.9 Å². The molecule has 3 aromatic rings. The number of imidazole rings is 1. The van der Waals surface area contributed by atoms with Crippen LogP contribution in [-0.4, -0.2) is 20.7 Å². The van der Waals surface area contributed by atoms with Crippen LogP contribution >= 0.6 is 0 Å². The molecular formula is C18H21N3O. The van der Waals surface area contributed by atoms with Crippen molar-refractivity contribution in [1.82, 2.24) is 14.1 Å². The Balaban J connectivity index is 2.03. The molecule has 0 radical (unpaired) electrons. The van der Waals surface area contributed by atoms with Crippen molar-refractivity contribution >= 4 is 22.9 Å². The number of unbranched alkanes of at least 4 members (excludes halogenated alkanes) is 1.